The molecule has 8 nitrogen and oxygen atoms in total. The van der Waals surface area contributed by atoms with E-state index in [1.54, 1.807) is 32.7 Å². The van der Waals surface area contributed by atoms with E-state index in [2.05, 4.69) is 5.10 Å². The predicted octanol–water partition coefficient (Wildman–Crippen LogP) is 4.49. The Hall–Kier alpha value is -3.81. The molecule has 0 saturated carbocycles. The Morgan fingerprint density at radius 3 is 2.55 bits per heavy atom. The van der Waals surface area contributed by atoms with E-state index in [0.29, 0.717) is 47.3 Å². The molecule has 0 unspecified atom stereocenters. The number of rotatable bonds is 5. The summed E-state index contributed by atoms with van der Waals surface area (Å²) in [5, 5.41) is 5.24. The molecule has 1 aliphatic rings. The van der Waals surface area contributed by atoms with Crippen LogP contribution in [0.15, 0.2) is 47.2 Å². The number of ether oxygens (including phenoxy) is 2. The third-order valence-electron chi connectivity index (χ3n) is 6.07. The minimum atomic E-state index is -0.0565. The molecule has 8 heteroatoms. The molecule has 0 atom stereocenters. The van der Waals surface area contributed by atoms with Crippen molar-refractivity contribution in [2.75, 3.05) is 20.8 Å². The molecular weight excluding hydrogens is 420 g/mol. The first-order chi connectivity index (χ1) is 16.0. The zero-order valence-corrected chi connectivity index (χ0v) is 19.2. The highest BCUT2D eigenvalue weighted by Gasteiger charge is 2.27. The van der Waals surface area contributed by atoms with Crippen LogP contribution in [0.5, 0.6) is 11.5 Å². The maximum absolute atomic E-state index is 13.8. The number of pyridine rings is 1. The van der Waals surface area contributed by atoms with Crippen LogP contribution < -0.4 is 9.47 Å². The molecule has 1 aliphatic heterocycles. The number of methoxy groups -OCH3 is 2. The molecule has 170 valence electrons. The quantitative estimate of drug-likeness (QED) is 0.449. The molecule has 5 rings (SSSR count). The van der Waals surface area contributed by atoms with Crippen LogP contribution in [0, 0.1) is 0 Å². The molecule has 0 fully saturated rings. The average molecular weight is 447 g/mol. The summed E-state index contributed by atoms with van der Waals surface area (Å²) in [5.74, 6) is 1.92. The number of aromatic nitrogens is 3. The highest BCUT2D eigenvalue weighted by atomic mass is 16.5. The second-order valence-corrected chi connectivity index (χ2v) is 8.41. The van der Waals surface area contributed by atoms with Gasteiger partial charge in [-0.15, -0.1) is 0 Å². The van der Waals surface area contributed by atoms with Crippen LogP contribution in [0.4, 0.5) is 0 Å². The van der Waals surface area contributed by atoms with E-state index in [1.165, 1.54) is 5.56 Å². The van der Waals surface area contributed by atoms with Crippen LogP contribution in [0.2, 0.25) is 0 Å². The zero-order valence-electron chi connectivity index (χ0n) is 19.2. The maximum Gasteiger partial charge on any atom is 0.255 e. The normalized spacial score (nSPS) is 13.4. The number of fused-ring (bicyclic) bond motifs is 2. The predicted molar refractivity (Wildman–Crippen MR) is 124 cm³/mol. The van der Waals surface area contributed by atoms with Gasteiger partial charge in [0.15, 0.2) is 22.9 Å². The number of benzene rings is 1. The Bertz CT molecular complexity index is 1320. The van der Waals surface area contributed by atoms with Crippen LogP contribution in [-0.4, -0.2) is 46.3 Å². The van der Waals surface area contributed by atoms with Crippen molar-refractivity contribution in [3.05, 3.63) is 59.5 Å². The van der Waals surface area contributed by atoms with Crippen molar-refractivity contribution in [3.8, 4) is 23.0 Å². The lowest BCUT2D eigenvalue weighted by Crippen LogP contribution is -2.36. The molecule has 0 aliphatic carbocycles. The van der Waals surface area contributed by atoms with Gasteiger partial charge in [0, 0.05) is 19.1 Å². The maximum atomic E-state index is 13.8. The van der Waals surface area contributed by atoms with Gasteiger partial charge in [0.1, 0.15) is 5.69 Å². The topological polar surface area (TPSA) is 82.6 Å². The lowest BCUT2D eigenvalue weighted by molar-refractivity contribution is 0.0736. The number of carbonyl (C=O) groups is 1. The molecule has 0 radical (unpaired) electrons. The molecule has 0 spiro atoms. The molecule has 1 aromatic carbocycles. The van der Waals surface area contributed by atoms with E-state index in [0.717, 1.165) is 17.4 Å². The van der Waals surface area contributed by atoms with Crippen LogP contribution >= 0.6 is 0 Å². The fourth-order valence-electron chi connectivity index (χ4n) is 4.35. The molecule has 33 heavy (non-hydrogen) atoms. The lowest BCUT2D eigenvalue weighted by atomic mass is 9.98. The second-order valence-electron chi connectivity index (χ2n) is 8.41. The lowest BCUT2D eigenvalue weighted by Gasteiger charge is -2.30. The van der Waals surface area contributed by atoms with E-state index in [1.807, 2.05) is 47.7 Å². The van der Waals surface area contributed by atoms with E-state index in [9.17, 15) is 4.79 Å². The number of hydrogen-bond acceptors (Lipinski definition) is 6. The van der Waals surface area contributed by atoms with Crippen molar-refractivity contribution in [3.63, 3.8) is 0 Å². The third kappa shape index (κ3) is 3.61. The second kappa shape index (κ2) is 8.27. The fourth-order valence-corrected chi connectivity index (χ4v) is 4.35. The summed E-state index contributed by atoms with van der Waals surface area (Å²) in [5.41, 5.74) is 4.08. The van der Waals surface area contributed by atoms with E-state index in [-0.39, 0.29) is 11.9 Å². The van der Waals surface area contributed by atoms with Crippen molar-refractivity contribution in [2.45, 2.75) is 32.9 Å². The SMILES string of the molecule is COc1cc2c(cc1OC)CN(C(=O)c1cc(-c3ccco3)nc3c1cnn3C(C)C)CC2. The summed E-state index contributed by atoms with van der Waals surface area (Å²) in [6.07, 6.45) is 4.07. The smallest absolute Gasteiger partial charge is 0.255 e. The fraction of sp³-hybridized carbons (Fsp3) is 0.320. The van der Waals surface area contributed by atoms with Crippen LogP contribution in [0.3, 0.4) is 0 Å². The zero-order chi connectivity index (χ0) is 23.1. The number of carbonyl (C=O) groups excluding carboxylic acids is 1. The van der Waals surface area contributed by atoms with Crippen LogP contribution in [0.1, 0.15) is 41.4 Å². The standard InChI is InChI=1S/C25H26N4O4/c1-15(2)29-24-19(13-26-29)18(12-20(27-24)21-6-5-9-33-21)25(30)28-8-7-16-10-22(31-3)23(32-4)11-17(16)14-28/h5-6,9-13,15H,7-8,14H2,1-4H3. The van der Waals surface area contributed by atoms with Gasteiger partial charge in [0.25, 0.3) is 5.91 Å². The minimum absolute atomic E-state index is 0.0565. The molecule has 4 aromatic rings. The monoisotopic (exact) mass is 446 g/mol. The van der Waals surface area contributed by atoms with E-state index < -0.39 is 0 Å². The van der Waals surface area contributed by atoms with Crippen molar-refractivity contribution in [1.29, 1.82) is 0 Å². The van der Waals surface area contributed by atoms with Gasteiger partial charge < -0.3 is 18.8 Å². The summed E-state index contributed by atoms with van der Waals surface area (Å²) in [6, 6.07) is 9.53. The van der Waals surface area contributed by atoms with Gasteiger partial charge in [-0.2, -0.15) is 5.10 Å². The minimum Gasteiger partial charge on any atom is -0.493 e. The summed E-state index contributed by atoms with van der Waals surface area (Å²) in [6.45, 7) is 5.18. The van der Waals surface area contributed by atoms with Crippen molar-refractivity contribution >= 4 is 16.9 Å². The van der Waals surface area contributed by atoms with Gasteiger partial charge in [-0.25, -0.2) is 9.67 Å². The Morgan fingerprint density at radius 2 is 1.88 bits per heavy atom. The van der Waals surface area contributed by atoms with Gasteiger partial charge in [-0.3, -0.25) is 4.79 Å². The van der Waals surface area contributed by atoms with Crippen LogP contribution in [-0.2, 0) is 13.0 Å². The summed E-state index contributed by atoms with van der Waals surface area (Å²) in [4.78, 5) is 20.4. The molecule has 0 N–H and O–H groups in total. The number of hydrogen-bond donors (Lipinski definition) is 0. The van der Waals surface area contributed by atoms with E-state index in [4.69, 9.17) is 18.9 Å². The van der Waals surface area contributed by atoms with Gasteiger partial charge in [-0.1, -0.05) is 0 Å². The first-order valence-electron chi connectivity index (χ1n) is 10.9. The van der Waals surface area contributed by atoms with Crippen molar-refractivity contribution in [1.82, 2.24) is 19.7 Å². The van der Waals surface area contributed by atoms with Crippen molar-refractivity contribution in [2.24, 2.45) is 0 Å². The highest BCUT2D eigenvalue weighted by molar-refractivity contribution is 6.06. The Morgan fingerprint density at radius 1 is 1.12 bits per heavy atom. The first kappa shape index (κ1) is 21.1. The third-order valence-corrected chi connectivity index (χ3v) is 6.07. The summed E-state index contributed by atoms with van der Waals surface area (Å²) < 4.78 is 18.3. The molecule has 4 heterocycles. The first-order valence-corrected chi connectivity index (χ1v) is 10.9. The van der Waals surface area contributed by atoms with Gasteiger partial charge in [0.05, 0.1) is 37.6 Å². The van der Waals surface area contributed by atoms with Gasteiger partial charge in [-0.05, 0) is 61.7 Å². The molecule has 0 saturated heterocycles. The number of furan rings is 1. The Balaban J connectivity index is 1.56. The Kier molecular flexibility index (Phi) is 5.28. The average Bonchev–Trinajstić information content (AvgIpc) is 3.52. The summed E-state index contributed by atoms with van der Waals surface area (Å²) in [7, 11) is 3.25. The largest absolute Gasteiger partial charge is 0.493 e. The Labute approximate surface area is 191 Å². The van der Waals surface area contributed by atoms with Gasteiger partial charge >= 0.3 is 0 Å². The highest BCUT2D eigenvalue weighted by Crippen LogP contribution is 2.34. The van der Waals surface area contributed by atoms with Crippen LogP contribution in [0.25, 0.3) is 22.5 Å². The molecule has 1 amide bonds. The van der Waals surface area contributed by atoms with E-state index >= 15 is 0 Å². The van der Waals surface area contributed by atoms with Crippen molar-refractivity contribution < 1.29 is 18.7 Å². The van der Waals surface area contributed by atoms with Gasteiger partial charge in [0.2, 0.25) is 0 Å². The molecular formula is C25H26N4O4. The summed E-state index contributed by atoms with van der Waals surface area (Å²) >= 11 is 0. The molecule has 0 bridgehead atoms. The number of amides is 1. The molecule has 3 aromatic heterocycles. The number of nitrogens with zero attached hydrogens (tertiary/aromatic N) is 4.